The molecule has 4 rings (SSSR count). The highest BCUT2D eigenvalue weighted by Gasteiger charge is 2.38. The van der Waals surface area contributed by atoms with Crippen molar-refractivity contribution in [2.24, 2.45) is 11.7 Å². The molecular formula is C26H32F3N7O. The first kappa shape index (κ1) is 26.7. The van der Waals surface area contributed by atoms with Gasteiger partial charge in [0.1, 0.15) is 17.7 Å². The Morgan fingerprint density at radius 1 is 1.11 bits per heavy atom. The third kappa shape index (κ3) is 6.68. The van der Waals surface area contributed by atoms with Gasteiger partial charge < -0.3 is 20.9 Å². The van der Waals surface area contributed by atoms with Gasteiger partial charge in [-0.2, -0.15) is 18.4 Å². The molecule has 2 aliphatic heterocycles. The molecule has 1 aromatic carbocycles. The van der Waals surface area contributed by atoms with Gasteiger partial charge in [-0.3, -0.25) is 4.79 Å². The number of carbonyl (C=O) groups is 1. The molecule has 0 radical (unpaired) electrons. The minimum Gasteiger partial charge on any atom is -0.356 e. The van der Waals surface area contributed by atoms with E-state index in [0.717, 1.165) is 24.8 Å². The van der Waals surface area contributed by atoms with Crippen molar-refractivity contribution in [1.82, 2.24) is 15.3 Å². The Labute approximate surface area is 214 Å². The Morgan fingerprint density at radius 2 is 1.81 bits per heavy atom. The van der Waals surface area contributed by atoms with E-state index in [4.69, 9.17) is 11.0 Å². The molecule has 2 fully saturated rings. The van der Waals surface area contributed by atoms with E-state index in [1.54, 1.807) is 23.1 Å². The fourth-order valence-corrected chi connectivity index (χ4v) is 5.05. The van der Waals surface area contributed by atoms with Gasteiger partial charge in [0.25, 0.3) is 0 Å². The number of hydrogen-bond donors (Lipinski definition) is 2. The third-order valence-corrected chi connectivity index (χ3v) is 7.11. The molecule has 1 unspecified atom stereocenters. The van der Waals surface area contributed by atoms with Crippen LogP contribution in [0.25, 0.3) is 0 Å². The van der Waals surface area contributed by atoms with Crippen molar-refractivity contribution in [2.75, 3.05) is 42.5 Å². The van der Waals surface area contributed by atoms with Gasteiger partial charge in [0, 0.05) is 32.2 Å². The Balaban J connectivity index is 1.46. The molecule has 8 nitrogen and oxygen atoms in total. The zero-order valence-electron chi connectivity index (χ0n) is 20.7. The molecule has 0 aliphatic carbocycles. The number of nitriles is 1. The van der Waals surface area contributed by atoms with Gasteiger partial charge in [0.05, 0.1) is 11.6 Å². The molecule has 0 saturated carbocycles. The summed E-state index contributed by atoms with van der Waals surface area (Å²) in [5, 5.41) is 11.8. The average molecular weight is 516 g/mol. The fourth-order valence-electron chi connectivity index (χ4n) is 5.05. The summed E-state index contributed by atoms with van der Waals surface area (Å²) in [4.78, 5) is 24.2. The number of nitrogens with zero attached hydrogens (tertiary/aromatic N) is 5. The van der Waals surface area contributed by atoms with Crippen molar-refractivity contribution in [3.8, 4) is 6.07 Å². The summed E-state index contributed by atoms with van der Waals surface area (Å²) < 4.78 is 41.2. The number of piperidine rings is 1. The second-order valence-electron chi connectivity index (χ2n) is 9.61. The summed E-state index contributed by atoms with van der Waals surface area (Å²) in [6.45, 7) is 2.65. The molecule has 1 amide bonds. The number of carbonyl (C=O) groups excluding carboxylic acids is 1. The van der Waals surface area contributed by atoms with Gasteiger partial charge in [-0.1, -0.05) is 12.1 Å². The van der Waals surface area contributed by atoms with Crippen LogP contribution in [0.4, 0.5) is 24.8 Å². The number of nitrogens with one attached hydrogen (secondary N) is 1. The molecule has 1 atom stereocenters. The number of benzene rings is 1. The highest BCUT2D eigenvalue weighted by Crippen LogP contribution is 2.34. The van der Waals surface area contributed by atoms with Crippen LogP contribution in [0.5, 0.6) is 0 Å². The lowest BCUT2D eigenvalue weighted by Crippen LogP contribution is -2.44. The first-order valence-electron chi connectivity index (χ1n) is 12.7. The standard InChI is InChI=1S/C26H32F3N7O/c27-26(28,29)25-33-22(35-14-9-19(7-11-30)10-15-35)16-23(34-25)36-13-1-2-21(36)24(37)32-12-8-18-3-5-20(17-31)6-4-18/h3-6,16,19,21H,1-2,7-15,30H2,(H,32,37). The van der Waals surface area contributed by atoms with E-state index in [1.807, 2.05) is 17.0 Å². The molecular weight excluding hydrogens is 483 g/mol. The summed E-state index contributed by atoms with van der Waals surface area (Å²) in [5.41, 5.74) is 7.21. The van der Waals surface area contributed by atoms with Crippen LogP contribution in [0, 0.1) is 17.2 Å². The average Bonchev–Trinajstić information content (AvgIpc) is 3.39. The fraction of sp³-hybridized carbons (Fsp3) is 0.538. The number of amides is 1. The van der Waals surface area contributed by atoms with Crippen molar-refractivity contribution in [3.63, 3.8) is 0 Å². The predicted molar refractivity (Wildman–Crippen MR) is 134 cm³/mol. The van der Waals surface area contributed by atoms with Crippen LogP contribution >= 0.6 is 0 Å². The summed E-state index contributed by atoms with van der Waals surface area (Å²) in [6, 6.07) is 10.2. The number of anilines is 2. The molecule has 3 heterocycles. The summed E-state index contributed by atoms with van der Waals surface area (Å²) >= 11 is 0. The van der Waals surface area contributed by atoms with Crippen LogP contribution < -0.4 is 20.9 Å². The van der Waals surface area contributed by atoms with Crippen LogP contribution in [0.15, 0.2) is 30.3 Å². The van der Waals surface area contributed by atoms with Crippen LogP contribution in [0.2, 0.25) is 0 Å². The number of alkyl halides is 3. The maximum absolute atomic E-state index is 13.7. The summed E-state index contributed by atoms with van der Waals surface area (Å²) in [6.07, 6.45) is -0.279. The predicted octanol–water partition coefficient (Wildman–Crippen LogP) is 3.26. The molecule has 0 bridgehead atoms. The van der Waals surface area contributed by atoms with Crippen LogP contribution in [-0.2, 0) is 17.4 Å². The van der Waals surface area contributed by atoms with E-state index >= 15 is 0 Å². The number of halogens is 3. The van der Waals surface area contributed by atoms with Gasteiger partial charge >= 0.3 is 6.18 Å². The van der Waals surface area contributed by atoms with E-state index in [9.17, 15) is 18.0 Å². The SMILES string of the molecule is N#Cc1ccc(CCNC(=O)C2CCCN2c2cc(N3CCC(CCN)CC3)nc(C(F)(F)F)n2)cc1. The highest BCUT2D eigenvalue weighted by atomic mass is 19.4. The second kappa shape index (κ2) is 11.8. The summed E-state index contributed by atoms with van der Waals surface area (Å²) in [7, 11) is 0. The number of hydrogen-bond acceptors (Lipinski definition) is 7. The van der Waals surface area contributed by atoms with E-state index in [0.29, 0.717) is 63.5 Å². The first-order chi connectivity index (χ1) is 17.8. The minimum atomic E-state index is -4.69. The largest absolute Gasteiger partial charge is 0.451 e. The Kier molecular flexibility index (Phi) is 8.48. The molecule has 2 aliphatic rings. The molecule has 0 spiro atoms. The van der Waals surface area contributed by atoms with Gasteiger partial charge in [-0.05, 0) is 68.7 Å². The zero-order chi connectivity index (χ0) is 26.4. The van der Waals surface area contributed by atoms with Gasteiger partial charge in [0.15, 0.2) is 0 Å². The molecule has 11 heteroatoms. The molecule has 37 heavy (non-hydrogen) atoms. The van der Waals surface area contributed by atoms with Crippen molar-refractivity contribution in [3.05, 3.63) is 47.3 Å². The zero-order valence-corrected chi connectivity index (χ0v) is 20.7. The van der Waals surface area contributed by atoms with E-state index in [1.165, 1.54) is 0 Å². The van der Waals surface area contributed by atoms with Crippen molar-refractivity contribution in [2.45, 2.75) is 50.7 Å². The normalized spacial score (nSPS) is 18.6. The quantitative estimate of drug-likeness (QED) is 0.555. The minimum absolute atomic E-state index is 0.131. The number of aromatic nitrogens is 2. The number of nitrogens with two attached hydrogens (primary N) is 1. The Hall–Kier alpha value is -3.39. The smallest absolute Gasteiger partial charge is 0.356 e. The highest BCUT2D eigenvalue weighted by molar-refractivity contribution is 5.85. The van der Waals surface area contributed by atoms with Gasteiger partial charge in [-0.15, -0.1) is 0 Å². The Bertz CT molecular complexity index is 1110. The van der Waals surface area contributed by atoms with Crippen molar-refractivity contribution in [1.29, 1.82) is 5.26 Å². The number of rotatable bonds is 8. The van der Waals surface area contributed by atoms with Crippen LogP contribution in [0.1, 0.15) is 49.1 Å². The lowest BCUT2D eigenvalue weighted by atomic mass is 9.94. The lowest BCUT2D eigenvalue weighted by molar-refractivity contribution is -0.144. The summed E-state index contributed by atoms with van der Waals surface area (Å²) in [5.74, 6) is -0.569. The van der Waals surface area contributed by atoms with E-state index < -0.39 is 18.0 Å². The molecule has 198 valence electrons. The van der Waals surface area contributed by atoms with Gasteiger partial charge in [-0.25, -0.2) is 9.97 Å². The van der Waals surface area contributed by atoms with Crippen LogP contribution in [-0.4, -0.2) is 54.6 Å². The van der Waals surface area contributed by atoms with Crippen molar-refractivity contribution >= 4 is 17.5 Å². The van der Waals surface area contributed by atoms with Crippen LogP contribution in [0.3, 0.4) is 0 Å². The van der Waals surface area contributed by atoms with E-state index in [-0.39, 0.29) is 17.5 Å². The Morgan fingerprint density at radius 3 is 2.46 bits per heavy atom. The lowest BCUT2D eigenvalue weighted by Gasteiger charge is -2.34. The molecule has 3 N–H and O–H groups in total. The van der Waals surface area contributed by atoms with Crippen molar-refractivity contribution < 1.29 is 18.0 Å². The van der Waals surface area contributed by atoms with E-state index in [2.05, 4.69) is 21.4 Å². The first-order valence-corrected chi connectivity index (χ1v) is 12.7. The molecule has 2 saturated heterocycles. The molecule has 2 aromatic rings. The maximum Gasteiger partial charge on any atom is 0.451 e. The maximum atomic E-state index is 13.7. The topological polar surface area (TPSA) is 111 Å². The molecule has 1 aromatic heterocycles. The third-order valence-electron chi connectivity index (χ3n) is 7.11. The second-order valence-corrected chi connectivity index (χ2v) is 9.61. The van der Waals surface area contributed by atoms with Gasteiger partial charge in [0.2, 0.25) is 11.7 Å². The monoisotopic (exact) mass is 515 g/mol.